The number of hydrogen-bond acceptors (Lipinski definition) is 0. The summed E-state index contributed by atoms with van der Waals surface area (Å²) in [6.45, 7) is 11.0. The van der Waals surface area contributed by atoms with Crippen molar-refractivity contribution in [2.24, 2.45) is 0 Å². The van der Waals surface area contributed by atoms with Crippen LogP contribution in [0.4, 0.5) is 0 Å². The highest BCUT2D eigenvalue weighted by atomic mass is 35.5. The molecule has 0 aromatic carbocycles. The van der Waals surface area contributed by atoms with Crippen LogP contribution in [0, 0.1) is 0 Å². The first-order chi connectivity index (χ1) is 4.79. The lowest BCUT2D eigenvalue weighted by atomic mass is 10.3. The molecule has 11 heavy (non-hydrogen) atoms. The van der Waals surface area contributed by atoms with Crippen LogP contribution in [0.15, 0.2) is 0 Å². The molecule has 1 saturated carbocycles. The summed E-state index contributed by atoms with van der Waals surface area (Å²) in [7, 11) is 0. The molecule has 1 nitrogen and oxygen atoms in total. The van der Waals surface area contributed by atoms with E-state index in [9.17, 15) is 0 Å². The summed E-state index contributed by atoms with van der Waals surface area (Å²) in [4.78, 5) is 0. The molecule has 2 heteroatoms. The van der Waals surface area contributed by atoms with Crippen LogP contribution in [-0.4, -0.2) is 30.2 Å². The maximum Gasteiger partial charge on any atom is 0.0894 e. The van der Waals surface area contributed by atoms with Gasteiger partial charge in [0.15, 0.2) is 0 Å². The van der Waals surface area contributed by atoms with E-state index in [4.69, 9.17) is 0 Å². The highest BCUT2D eigenvalue weighted by Gasteiger charge is 2.40. The zero-order valence-corrected chi connectivity index (χ0v) is 8.69. The third-order valence-corrected chi connectivity index (χ3v) is 3.21. The van der Waals surface area contributed by atoms with Crippen molar-refractivity contribution >= 4 is 0 Å². The third-order valence-electron chi connectivity index (χ3n) is 3.21. The van der Waals surface area contributed by atoms with Gasteiger partial charge in [0.25, 0.3) is 0 Å². The lowest BCUT2D eigenvalue weighted by Crippen LogP contribution is -3.00. The average molecular weight is 178 g/mol. The van der Waals surface area contributed by atoms with Gasteiger partial charge in [0.05, 0.1) is 25.7 Å². The fourth-order valence-corrected chi connectivity index (χ4v) is 2.07. The van der Waals surface area contributed by atoms with Crippen LogP contribution in [0.3, 0.4) is 0 Å². The van der Waals surface area contributed by atoms with Gasteiger partial charge in [-0.2, -0.15) is 0 Å². The molecule has 0 bridgehead atoms. The maximum absolute atomic E-state index is 2.32. The minimum absolute atomic E-state index is 0. The zero-order valence-electron chi connectivity index (χ0n) is 7.94. The molecule has 0 radical (unpaired) electrons. The smallest absolute Gasteiger partial charge is 0.0894 e. The second-order valence-corrected chi connectivity index (χ2v) is 3.40. The van der Waals surface area contributed by atoms with E-state index >= 15 is 0 Å². The molecule has 0 atom stereocenters. The predicted octanol–water partition coefficient (Wildman–Crippen LogP) is -0.971. The van der Waals surface area contributed by atoms with Crippen molar-refractivity contribution in [1.82, 2.24) is 0 Å². The van der Waals surface area contributed by atoms with Gasteiger partial charge in [-0.15, -0.1) is 0 Å². The van der Waals surface area contributed by atoms with E-state index in [-0.39, 0.29) is 12.4 Å². The summed E-state index contributed by atoms with van der Waals surface area (Å²) in [5, 5.41) is 0. The summed E-state index contributed by atoms with van der Waals surface area (Å²) in [5.74, 6) is 0. The summed E-state index contributed by atoms with van der Waals surface area (Å²) in [5.41, 5.74) is 0. The highest BCUT2D eigenvalue weighted by Crippen LogP contribution is 2.33. The van der Waals surface area contributed by atoms with Crippen molar-refractivity contribution in [2.75, 3.05) is 19.6 Å². The Morgan fingerprint density at radius 3 is 1.45 bits per heavy atom. The summed E-state index contributed by atoms with van der Waals surface area (Å²) >= 11 is 0. The van der Waals surface area contributed by atoms with Crippen molar-refractivity contribution in [2.45, 2.75) is 39.7 Å². The Morgan fingerprint density at radius 1 is 1.00 bits per heavy atom. The predicted molar refractivity (Wildman–Crippen MR) is 44.9 cm³/mol. The fourth-order valence-electron chi connectivity index (χ4n) is 2.07. The van der Waals surface area contributed by atoms with E-state index < -0.39 is 0 Å². The molecule has 0 heterocycles. The van der Waals surface area contributed by atoms with Gasteiger partial charge in [0.1, 0.15) is 0 Å². The van der Waals surface area contributed by atoms with E-state index in [1.165, 1.54) is 37.0 Å². The summed E-state index contributed by atoms with van der Waals surface area (Å²) < 4.78 is 1.38. The number of quaternary nitrogens is 1. The van der Waals surface area contributed by atoms with Gasteiger partial charge in [-0.25, -0.2) is 0 Å². The molecule has 0 amide bonds. The topological polar surface area (TPSA) is 0 Å². The molecule has 0 aromatic heterocycles. The lowest BCUT2D eigenvalue weighted by Gasteiger charge is -2.36. The number of nitrogens with zero attached hydrogens (tertiary/aromatic N) is 1. The van der Waals surface area contributed by atoms with Gasteiger partial charge in [0, 0.05) is 12.8 Å². The Bertz CT molecular complexity index is 97.9. The standard InChI is InChI=1S/C9H20N.ClH/c1-4-10(5-2,6-3)9-7-8-9;/h9H,4-8H2,1-3H3;1H/q+1;/p-1. The minimum atomic E-state index is 0. The number of halogens is 1. The Balaban J connectivity index is 0.000001000. The molecule has 1 fully saturated rings. The largest absolute Gasteiger partial charge is 1.00 e. The van der Waals surface area contributed by atoms with Gasteiger partial charge in [-0.05, 0) is 20.8 Å². The van der Waals surface area contributed by atoms with Gasteiger partial charge in [0.2, 0.25) is 0 Å². The van der Waals surface area contributed by atoms with Gasteiger partial charge in [-0.3, -0.25) is 0 Å². The van der Waals surface area contributed by atoms with E-state index in [0.29, 0.717) is 0 Å². The molecule has 68 valence electrons. The summed E-state index contributed by atoms with van der Waals surface area (Å²) in [6.07, 6.45) is 2.96. The van der Waals surface area contributed by atoms with Crippen LogP contribution in [0.25, 0.3) is 0 Å². The SMILES string of the molecule is CC[N+](CC)(CC)C1CC1.[Cl-]. The van der Waals surface area contributed by atoms with Crippen LogP contribution in [0.1, 0.15) is 33.6 Å². The Kier molecular flexibility index (Phi) is 4.42. The molecule has 0 N–H and O–H groups in total. The van der Waals surface area contributed by atoms with E-state index in [0.717, 1.165) is 6.04 Å². The number of hydrogen-bond donors (Lipinski definition) is 0. The Labute approximate surface area is 76.8 Å². The van der Waals surface area contributed by atoms with Crippen molar-refractivity contribution in [3.63, 3.8) is 0 Å². The zero-order chi connectivity index (χ0) is 7.61. The molecule has 0 aliphatic heterocycles. The molecule has 1 rings (SSSR count). The van der Waals surface area contributed by atoms with Gasteiger partial charge < -0.3 is 16.9 Å². The van der Waals surface area contributed by atoms with Crippen molar-refractivity contribution < 1.29 is 16.9 Å². The van der Waals surface area contributed by atoms with Gasteiger partial charge >= 0.3 is 0 Å². The quantitative estimate of drug-likeness (QED) is 0.485. The van der Waals surface area contributed by atoms with Crippen LogP contribution in [0.2, 0.25) is 0 Å². The van der Waals surface area contributed by atoms with E-state index in [1.807, 2.05) is 0 Å². The molecule has 0 aromatic rings. The van der Waals surface area contributed by atoms with Crippen LogP contribution < -0.4 is 12.4 Å². The molecular formula is C9H20ClN. The molecule has 0 unspecified atom stereocenters. The monoisotopic (exact) mass is 177 g/mol. The fraction of sp³-hybridized carbons (Fsp3) is 1.00. The lowest BCUT2D eigenvalue weighted by molar-refractivity contribution is -0.933. The van der Waals surface area contributed by atoms with E-state index in [1.54, 1.807) is 0 Å². The van der Waals surface area contributed by atoms with E-state index in [2.05, 4.69) is 20.8 Å². The average Bonchev–Trinajstić information content (AvgIpc) is 2.77. The first kappa shape index (κ1) is 11.2. The Hall–Kier alpha value is 0.250. The maximum atomic E-state index is 2.32. The second-order valence-electron chi connectivity index (χ2n) is 3.40. The van der Waals surface area contributed by atoms with Crippen LogP contribution in [0.5, 0.6) is 0 Å². The third kappa shape index (κ3) is 2.09. The molecular weight excluding hydrogens is 158 g/mol. The molecule has 1 aliphatic rings. The molecule has 1 aliphatic carbocycles. The Morgan fingerprint density at radius 2 is 1.36 bits per heavy atom. The van der Waals surface area contributed by atoms with Crippen LogP contribution >= 0.6 is 0 Å². The normalized spacial score (nSPS) is 17.7. The van der Waals surface area contributed by atoms with Crippen molar-refractivity contribution in [1.29, 1.82) is 0 Å². The second kappa shape index (κ2) is 4.32. The first-order valence-electron chi connectivity index (χ1n) is 4.64. The molecule has 0 saturated heterocycles. The van der Waals surface area contributed by atoms with Crippen molar-refractivity contribution in [3.8, 4) is 0 Å². The minimum Gasteiger partial charge on any atom is -1.00 e. The highest BCUT2D eigenvalue weighted by molar-refractivity contribution is 4.74. The first-order valence-corrected chi connectivity index (χ1v) is 4.64. The van der Waals surface area contributed by atoms with Crippen LogP contribution in [-0.2, 0) is 0 Å². The van der Waals surface area contributed by atoms with Gasteiger partial charge in [-0.1, -0.05) is 0 Å². The molecule has 0 spiro atoms. The summed E-state index contributed by atoms with van der Waals surface area (Å²) in [6, 6.07) is 1.03. The van der Waals surface area contributed by atoms with Crippen molar-refractivity contribution in [3.05, 3.63) is 0 Å². The number of rotatable bonds is 4.